The molecule has 214 valence electrons. The summed E-state index contributed by atoms with van der Waals surface area (Å²) in [6.07, 6.45) is 3.55. The molecule has 0 aromatic heterocycles. The number of carbonyl (C=O) groups is 4. The number of allylic oxidation sites excluding steroid dienone is 4. The van der Waals surface area contributed by atoms with Crippen molar-refractivity contribution in [2.24, 2.45) is 23.3 Å². The summed E-state index contributed by atoms with van der Waals surface area (Å²) in [5.41, 5.74) is 11.9. The predicted octanol–water partition coefficient (Wildman–Crippen LogP) is 1.72. The number of carbonyl (C=O) groups excluding carboxylic acids is 4. The Morgan fingerprint density at radius 3 is 2.38 bits per heavy atom. The van der Waals surface area contributed by atoms with E-state index < -0.39 is 53.9 Å². The molecule has 0 radical (unpaired) electrons. The Labute approximate surface area is 228 Å². The lowest BCUT2D eigenvalue weighted by atomic mass is 9.85. The molecule has 6 atom stereocenters. The zero-order valence-corrected chi connectivity index (χ0v) is 23.2. The highest BCUT2D eigenvalue weighted by Gasteiger charge is 2.32. The van der Waals surface area contributed by atoms with Gasteiger partial charge in [0.05, 0.1) is 23.6 Å². The van der Waals surface area contributed by atoms with E-state index in [9.17, 15) is 24.3 Å². The van der Waals surface area contributed by atoms with Crippen molar-refractivity contribution in [3.63, 3.8) is 0 Å². The van der Waals surface area contributed by atoms with Gasteiger partial charge in [0.1, 0.15) is 6.10 Å². The Morgan fingerprint density at radius 1 is 1.13 bits per heavy atom. The molecule has 1 aliphatic carbocycles. The van der Waals surface area contributed by atoms with E-state index in [2.05, 4.69) is 5.32 Å². The highest BCUT2D eigenvalue weighted by atomic mass is 16.6. The summed E-state index contributed by atoms with van der Waals surface area (Å²) in [4.78, 5) is 50.1. The Bertz CT molecular complexity index is 1130. The average molecular weight is 546 g/mol. The molecule has 6 N–H and O–H groups in total. The van der Waals surface area contributed by atoms with E-state index in [1.54, 1.807) is 26.0 Å². The first-order valence-corrected chi connectivity index (χ1v) is 12.6. The Hall–Kier alpha value is -3.54. The van der Waals surface area contributed by atoms with Gasteiger partial charge in [-0.2, -0.15) is 0 Å². The summed E-state index contributed by atoms with van der Waals surface area (Å²) in [6.45, 7) is 6.89. The van der Waals surface area contributed by atoms with Gasteiger partial charge in [0.25, 0.3) is 5.91 Å². The molecular formula is C28H39N3O8. The Kier molecular flexibility index (Phi) is 11.4. The molecule has 2 rings (SSSR count). The summed E-state index contributed by atoms with van der Waals surface area (Å²) < 4.78 is 16.4. The minimum absolute atomic E-state index is 0.104. The van der Waals surface area contributed by atoms with E-state index >= 15 is 0 Å². The molecule has 0 spiro atoms. The van der Waals surface area contributed by atoms with Gasteiger partial charge in [-0.25, -0.2) is 4.79 Å². The van der Waals surface area contributed by atoms with Crippen molar-refractivity contribution in [2.75, 3.05) is 14.2 Å². The molecule has 11 nitrogen and oxygen atoms in total. The number of amides is 2. The van der Waals surface area contributed by atoms with Crippen LogP contribution in [0.1, 0.15) is 40.5 Å². The number of Topliss-reactive ketones (excluding diaryl/α,β-unsaturated/α-hetero) is 1. The van der Waals surface area contributed by atoms with Gasteiger partial charge in [-0.05, 0) is 38.2 Å². The van der Waals surface area contributed by atoms with Gasteiger partial charge in [0, 0.05) is 37.4 Å². The van der Waals surface area contributed by atoms with Crippen LogP contribution in [0.4, 0.5) is 4.79 Å². The number of hydrogen-bond donors (Lipinski definition) is 4. The lowest BCUT2D eigenvalue weighted by molar-refractivity contribution is -0.120. The van der Waals surface area contributed by atoms with Crippen LogP contribution in [-0.4, -0.2) is 67.3 Å². The van der Waals surface area contributed by atoms with Gasteiger partial charge in [-0.15, -0.1) is 0 Å². The second-order valence-electron chi connectivity index (χ2n) is 9.97. The molecule has 2 bridgehead atoms. The monoisotopic (exact) mass is 545 g/mol. The van der Waals surface area contributed by atoms with E-state index in [0.29, 0.717) is 12.0 Å². The number of ketones is 2. The smallest absolute Gasteiger partial charge is 0.405 e. The fourth-order valence-corrected chi connectivity index (χ4v) is 4.61. The van der Waals surface area contributed by atoms with E-state index in [-0.39, 0.29) is 34.9 Å². The Balaban J connectivity index is 2.58. The summed E-state index contributed by atoms with van der Waals surface area (Å²) in [7, 11) is 2.90. The lowest BCUT2D eigenvalue weighted by Crippen LogP contribution is -2.37. The maximum atomic E-state index is 13.2. The van der Waals surface area contributed by atoms with Crippen LogP contribution in [0.25, 0.3) is 0 Å². The molecule has 39 heavy (non-hydrogen) atoms. The van der Waals surface area contributed by atoms with Crippen LogP contribution in [0.3, 0.4) is 0 Å². The fraction of sp³-hybridized carbons (Fsp3) is 0.500. The van der Waals surface area contributed by atoms with E-state index in [4.69, 9.17) is 25.7 Å². The first kappa shape index (κ1) is 31.7. The predicted molar refractivity (Wildman–Crippen MR) is 144 cm³/mol. The van der Waals surface area contributed by atoms with Crippen molar-refractivity contribution in [1.29, 1.82) is 0 Å². The standard InChI is InChI=1S/C28H39N3O8/c1-14-10-18-23(29)20(32)13-19(25(18)34)31-27(35)15(2)8-7-9-21(37-5)26(39-28(30)36)17(4)12-16(3)24(33)22(11-14)38-6/h7-9,12-14,16,21-22,24,26,33H,10-11,29H2,1-6H3,(H2,30,36)(H,31,35)/b9-7+,15-8-,17-12+/t14-,16+,21+,22-,24+,26-/m0/s1. The SMILES string of the molecule is CO[C@H]1C[C@@H](C)CC2=C(N)C(=O)C=C(NC(=O)/C(C)=C\C=C\[C@@H](OC)[C@@H](OC(N)=O)/C(C)=C/[C@@H](C)[C@H]1O)C2=O. The second-order valence-corrected chi connectivity index (χ2v) is 9.97. The topological polar surface area (TPSA) is 180 Å². The van der Waals surface area contributed by atoms with Gasteiger partial charge in [0.2, 0.25) is 11.6 Å². The molecule has 0 saturated carbocycles. The minimum atomic E-state index is -1.00. The molecule has 1 aliphatic heterocycles. The molecule has 1 heterocycles. The van der Waals surface area contributed by atoms with E-state index in [1.807, 2.05) is 6.92 Å². The van der Waals surface area contributed by atoms with Crippen LogP contribution in [0, 0.1) is 11.8 Å². The third-order valence-corrected chi connectivity index (χ3v) is 6.84. The van der Waals surface area contributed by atoms with Crippen molar-refractivity contribution >= 4 is 23.6 Å². The molecule has 0 aromatic carbocycles. The molecular weight excluding hydrogens is 506 g/mol. The number of aliphatic hydroxyl groups is 1. The number of nitrogens with two attached hydrogens (primary N) is 2. The number of methoxy groups -OCH3 is 2. The summed E-state index contributed by atoms with van der Waals surface area (Å²) >= 11 is 0. The number of ether oxygens (including phenoxy) is 3. The van der Waals surface area contributed by atoms with Gasteiger partial charge in [-0.1, -0.05) is 38.2 Å². The van der Waals surface area contributed by atoms with Gasteiger partial charge in [0.15, 0.2) is 6.10 Å². The number of hydrogen-bond acceptors (Lipinski definition) is 9. The average Bonchev–Trinajstić information content (AvgIpc) is 2.88. The molecule has 11 heteroatoms. The van der Waals surface area contributed by atoms with Crippen LogP contribution in [-0.2, 0) is 28.6 Å². The van der Waals surface area contributed by atoms with Gasteiger partial charge >= 0.3 is 6.09 Å². The molecule has 0 fully saturated rings. The highest BCUT2D eigenvalue weighted by molar-refractivity contribution is 6.23. The fourth-order valence-electron chi connectivity index (χ4n) is 4.61. The van der Waals surface area contributed by atoms with Crippen LogP contribution >= 0.6 is 0 Å². The zero-order valence-electron chi connectivity index (χ0n) is 23.2. The maximum Gasteiger partial charge on any atom is 0.405 e. The second kappa shape index (κ2) is 14.0. The van der Waals surface area contributed by atoms with Crippen LogP contribution in [0.15, 0.2) is 58.5 Å². The summed E-state index contributed by atoms with van der Waals surface area (Å²) in [5.74, 6) is -2.37. The van der Waals surface area contributed by atoms with E-state index in [1.165, 1.54) is 33.3 Å². The van der Waals surface area contributed by atoms with Crippen LogP contribution in [0.5, 0.6) is 0 Å². The third kappa shape index (κ3) is 8.22. The minimum Gasteiger partial charge on any atom is -0.439 e. The normalized spacial score (nSPS) is 33.3. The zero-order chi connectivity index (χ0) is 29.4. The van der Waals surface area contributed by atoms with Gasteiger partial charge in [-0.3, -0.25) is 14.4 Å². The Morgan fingerprint density at radius 2 is 1.79 bits per heavy atom. The first-order valence-electron chi connectivity index (χ1n) is 12.6. The first-order chi connectivity index (χ1) is 18.3. The molecule has 0 saturated heterocycles. The molecule has 2 amide bonds. The molecule has 0 unspecified atom stereocenters. The quantitative estimate of drug-likeness (QED) is 0.303. The van der Waals surface area contributed by atoms with Crippen molar-refractivity contribution in [3.05, 3.63) is 58.5 Å². The summed E-state index contributed by atoms with van der Waals surface area (Å²) in [5, 5.41) is 13.6. The number of fused-ring (bicyclic) bond motifs is 2. The van der Waals surface area contributed by atoms with Gasteiger partial charge < -0.3 is 36.1 Å². The van der Waals surface area contributed by atoms with Crippen molar-refractivity contribution < 1.29 is 38.5 Å². The maximum absolute atomic E-state index is 13.2. The third-order valence-electron chi connectivity index (χ3n) is 6.84. The number of primary amides is 1. The number of rotatable bonds is 3. The van der Waals surface area contributed by atoms with Crippen LogP contribution in [0.2, 0.25) is 0 Å². The number of aliphatic hydroxyl groups excluding tert-OH is 1. The lowest BCUT2D eigenvalue weighted by Gasteiger charge is -2.29. The van der Waals surface area contributed by atoms with E-state index in [0.717, 1.165) is 6.08 Å². The number of nitrogens with one attached hydrogen (secondary N) is 1. The molecule has 2 aliphatic rings. The van der Waals surface area contributed by atoms with Crippen molar-refractivity contribution in [3.8, 4) is 0 Å². The van der Waals surface area contributed by atoms with Crippen molar-refractivity contribution in [2.45, 2.75) is 65.0 Å². The van der Waals surface area contributed by atoms with Crippen LogP contribution < -0.4 is 16.8 Å². The highest BCUT2D eigenvalue weighted by Crippen LogP contribution is 2.28. The largest absolute Gasteiger partial charge is 0.439 e. The summed E-state index contributed by atoms with van der Waals surface area (Å²) in [6, 6.07) is 0. The molecule has 0 aromatic rings. The van der Waals surface area contributed by atoms with Crippen molar-refractivity contribution in [1.82, 2.24) is 5.32 Å².